The van der Waals surface area contributed by atoms with Gasteiger partial charge >= 0.3 is 0 Å². The van der Waals surface area contributed by atoms with Crippen molar-refractivity contribution in [2.45, 2.75) is 37.9 Å². The molecule has 2 aromatic rings. The van der Waals surface area contributed by atoms with Crippen molar-refractivity contribution in [1.82, 2.24) is 0 Å². The molecule has 2 aromatic carbocycles. The van der Waals surface area contributed by atoms with E-state index in [2.05, 4.69) is 11.7 Å². The van der Waals surface area contributed by atoms with Crippen molar-refractivity contribution in [2.75, 3.05) is 20.8 Å². The van der Waals surface area contributed by atoms with Crippen LogP contribution in [-0.2, 0) is 11.3 Å². The summed E-state index contributed by atoms with van der Waals surface area (Å²) in [5.41, 5.74) is 3.13. The van der Waals surface area contributed by atoms with Gasteiger partial charge in [0, 0.05) is 29.2 Å². The van der Waals surface area contributed by atoms with E-state index in [0.29, 0.717) is 47.3 Å². The van der Waals surface area contributed by atoms with Gasteiger partial charge in [-0.15, -0.1) is 0 Å². The van der Waals surface area contributed by atoms with Crippen LogP contribution in [0.2, 0.25) is 0 Å². The number of oxime groups is 1. The molecule has 0 bridgehead atoms. The van der Waals surface area contributed by atoms with Crippen LogP contribution in [0.25, 0.3) is 0 Å². The predicted octanol–water partition coefficient (Wildman–Crippen LogP) is 3.96. The highest BCUT2D eigenvalue weighted by molar-refractivity contribution is 6.09. The molecular formula is C24H25NO6. The maximum Gasteiger partial charge on any atom is 0.181 e. The Morgan fingerprint density at radius 2 is 1.94 bits per heavy atom. The second-order valence-electron chi connectivity index (χ2n) is 8.44. The molecule has 0 saturated heterocycles. The summed E-state index contributed by atoms with van der Waals surface area (Å²) in [5.74, 6) is 2.46. The number of ether oxygens (including phenoxy) is 4. The average molecular weight is 423 g/mol. The third kappa shape index (κ3) is 2.83. The Bertz CT molecular complexity index is 1120. The molecule has 2 unspecified atom stereocenters. The third-order valence-corrected chi connectivity index (χ3v) is 6.30. The number of phenols is 1. The van der Waals surface area contributed by atoms with Gasteiger partial charge in [0.25, 0.3) is 0 Å². The molecule has 7 heteroatoms. The molecular weight excluding hydrogens is 398 g/mol. The molecule has 3 atom stereocenters. The smallest absolute Gasteiger partial charge is 0.181 e. The first-order valence-corrected chi connectivity index (χ1v) is 10.2. The topological polar surface area (TPSA) is 78.7 Å². The van der Waals surface area contributed by atoms with Gasteiger partial charge in [-0.3, -0.25) is 0 Å². The first kappa shape index (κ1) is 19.6. The van der Waals surface area contributed by atoms with Crippen LogP contribution in [0.4, 0.5) is 0 Å². The maximum atomic E-state index is 11.2. The molecule has 0 aromatic heterocycles. The van der Waals surface area contributed by atoms with Crippen LogP contribution < -0.4 is 18.9 Å². The van der Waals surface area contributed by atoms with Crippen LogP contribution in [0, 0.1) is 0 Å². The van der Waals surface area contributed by atoms with Crippen LogP contribution in [0.15, 0.2) is 41.6 Å². The molecule has 3 aliphatic rings. The molecule has 0 spiro atoms. The minimum Gasteiger partial charge on any atom is -0.507 e. The second-order valence-corrected chi connectivity index (χ2v) is 8.44. The zero-order chi connectivity index (χ0) is 21.9. The summed E-state index contributed by atoms with van der Waals surface area (Å²) < 4.78 is 22.8. The number of hydrogen-bond acceptors (Lipinski definition) is 7. The van der Waals surface area contributed by atoms with E-state index in [9.17, 15) is 5.11 Å². The Morgan fingerprint density at radius 3 is 2.65 bits per heavy atom. The number of phenolic OH excluding ortho intramolecular Hbond substituents is 1. The van der Waals surface area contributed by atoms with Gasteiger partial charge in [0.2, 0.25) is 0 Å². The van der Waals surface area contributed by atoms with E-state index in [-0.39, 0.29) is 17.8 Å². The fourth-order valence-electron chi connectivity index (χ4n) is 4.57. The SMILES string of the molecule is C=C(C)[C@H]1Cc2c(ccc(C3=NOC4(C)COc5cc(OC)c(OC)cc5C34)c2O)O1. The van der Waals surface area contributed by atoms with Crippen molar-refractivity contribution in [3.05, 3.63) is 53.1 Å². The molecule has 0 radical (unpaired) electrons. The highest BCUT2D eigenvalue weighted by Gasteiger charge is 2.52. The predicted molar refractivity (Wildman–Crippen MR) is 115 cm³/mol. The van der Waals surface area contributed by atoms with E-state index >= 15 is 0 Å². The lowest BCUT2D eigenvalue weighted by molar-refractivity contribution is -0.0542. The fraction of sp³-hybridized carbons (Fsp3) is 0.375. The number of rotatable bonds is 4. The highest BCUT2D eigenvalue weighted by Crippen LogP contribution is 2.51. The Morgan fingerprint density at radius 1 is 1.19 bits per heavy atom. The number of nitrogens with zero attached hydrogens (tertiary/aromatic N) is 1. The first-order chi connectivity index (χ1) is 14.9. The summed E-state index contributed by atoms with van der Waals surface area (Å²) in [7, 11) is 3.18. The molecule has 3 aliphatic heterocycles. The summed E-state index contributed by atoms with van der Waals surface area (Å²) in [6, 6.07) is 7.42. The molecule has 0 aliphatic carbocycles. The average Bonchev–Trinajstić information content (AvgIpc) is 3.35. The second kappa shape index (κ2) is 6.83. The molecule has 3 heterocycles. The van der Waals surface area contributed by atoms with Gasteiger partial charge in [-0.05, 0) is 37.6 Å². The standard InChI is InChI=1S/C24H25NO6/c1-12(2)17-9-15-16(30-17)7-6-13(23(15)26)22-21-14-8-19(27-4)20(28-5)10-18(14)29-11-24(21,3)31-25-22/h6-8,10,17,21,26H,1,9,11H2,2-5H3/t17-,21?,24?/m1/s1. The van der Waals surface area contributed by atoms with Crippen LogP contribution in [0.5, 0.6) is 28.7 Å². The van der Waals surface area contributed by atoms with Crippen molar-refractivity contribution in [3.63, 3.8) is 0 Å². The van der Waals surface area contributed by atoms with Gasteiger partial charge in [0.15, 0.2) is 17.1 Å². The van der Waals surface area contributed by atoms with Gasteiger partial charge in [-0.1, -0.05) is 11.7 Å². The van der Waals surface area contributed by atoms with Crippen LogP contribution in [-0.4, -0.2) is 43.3 Å². The maximum absolute atomic E-state index is 11.2. The van der Waals surface area contributed by atoms with E-state index in [1.165, 1.54) is 0 Å². The molecule has 162 valence electrons. The first-order valence-electron chi connectivity index (χ1n) is 10.2. The van der Waals surface area contributed by atoms with E-state index in [1.807, 2.05) is 38.1 Å². The minimum absolute atomic E-state index is 0.135. The van der Waals surface area contributed by atoms with Crippen LogP contribution in [0.3, 0.4) is 0 Å². The number of benzene rings is 2. The summed E-state index contributed by atoms with van der Waals surface area (Å²) in [6.07, 6.45) is 0.439. The van der Waals surface area contributed by atoms with E-state index in [0.717, 1.165) is 16.7 Å². The third-order valence-electron chi connectivity index (χ3n) is 6.30. The number of fused-ring (bicyclic) bond motifs is 4. The van der Waals surface area contributed by atoms with Gasteiger partial charge in [0.1, 0.15) is 35.7 Å². The molecule has 5 rings (SSSR count). The van der Waals surface area contributed by atoms with Crippen molar-refractivity contribution < 1.29 is 28.9 Å². The molecule has 31 heavy (non-hydrogen) atoms. The summed E-state index contributed by atoms with van der Waals surface area (Å²) in [5, 5.41) is 15.6. The molecule has 0 amide bonds. The van der Waals surface area contributed by atoms with Gasteiger partial charge in [0.05, 0.1) is 20.1 Å². The van der Waals surface area contributed by atoms with Gasteiger partial charge in [-0.2, -0.15) is 0 Å². The lowest BCUT2D eigenvalue weighted by Crippen LogP contribution is -2.43. The number of methoxy groups -OCH3 is 2. The van der Waals surface area contributed by atoms with Gasteiger partial charge in [-0.25, -0.2) is 0 Å². The van der Waals surface area contributed by atoms with E-state index in [1.54, 1.807) is 14.2 Å². The summed E-state index contributed by atoms with van der Waals surface area (Å²) >= 11 is 0. The van der Waals surface area contributed by atoms with E-state index < -0.39 is 5.60 Å². The molecule has 1 N–H and O–H groups in total. The lowest BCUT2D eigenvalue weighted by atomic mass is 9.76. The summed E-state index contributed by atoms with van der Waals surface area (Å²) in [4.78, 5) is 5.87. The van der Waals surface area contributed by atoms with Gasteiger partial charge < -0.3 is 28.9 Å². The van der Waals surface area contributed by atoms with Crippen molar-refractivity contribution >= 4 is 5.71 Å². The Hall–Kier alpha value is -3.35. The molecule has 0 fully saturated rings. The van der Waals surface area contributed by atoms with Crippen LogP contribution in [0.1, 0.15) is 36.5 Å². The number of hydrogen-bond donors (Lipinski definition) is 1. The largest absolute Gasteiger partial charge is 0.507 e. The number of aromatic hydroxyl groups is 1. The molecule has 0 saturated carbocycles. The quantitative estimate of drug-likeness (QED) is 0.750. The van der Waals surface area contributed by atoms with Crippen molar-refractivity contribution in [3.8, 4) is 28.7 Å². The zero-order valence-electron chi connectivity index (χ0n) is 18.0. The normalized spacial score (nSPS) is 25.2. The summed E-state index contributed by atoms with van der Waals surface area (Å²) in [6.45, 7) is 8.18. The van der Waals surface area contributed by atoms with Crippen LogP contribution >= 0.6 is 0 Å². The Labute approximate surface area is 180 Å². The minimum atomic E-state index is -0.704. The fourth-order valence-corrected chi connectivity index (χ4v) is 4.57. The molecule has 7 nitrogen and oxygen atoms in total. The Kier molecular flexibility index (Phi) is 4.32. The monoisotopic (exact) mass is 423 g/mol. The van der Waals surface area contributed by atoms with Crippen molar-refractivity contribution in [1.29, 1.82) is 0 Å². The van der Waals surface area contributed by atoms with Crippen molar-refractivity contribution in [2.24, 2.45) is 5.16 Å². The van der Waals surface area contributed by atoms with E-state index in [4.69, 9.17) is 23.8 Å². The highest BCUT2D eigenvalue weighted by atomic mass is 16.7. The Balaban J connectivity index is 1.60. The lowest BCUT2D eigenvalue weighted by Gasteiger charge is -2.35. The zero-order valence-corrected chi connectivity index (χ0v) is 18.0.